The summed E-state index contributed by atoms with van der Waals surface area (Å²) in [6, 6.07) is 61.0. The van der Waals surface area contributed by atoms with E-state index in [2.05, 4.69) is 140 Å². The van der Waals surface area contributed by atoms with Crippen LogP contribution in [-0.4, -0.2) is 15.0 Å². The van der Waals surface area contributed by atoms with Crippen LogP contribution in [0.25, 0.3) is 121 Å². The molecular formula is C51H29N3O2. The Kier molecular flexibility index (Phi) is 6.56. The number of furan rings is 2. The van der Waals surface area contributed by atoms with Crippen molar-refractivity contribution in [1.29, 1.82) is 0 Å². The van der Waals surface area contributed by atoms with E-state index in [9.17, 15) is 0 Å². The van der Waals surface area contributed by atoms with Crippen molar-refractivity contribution in [2.75, 3.05) is 0 Å². The minimum Gasteiger partial charge on any atom is -0.456 e. The number of hydrogen-bond donors (Lipinski definition) is 0. The Balaban J connectivity index is 1.10. The molecule has 260 valence electrons. The molecule has 12 aromatic rings. The minimum atomic E-state index is 0.578. The number of rotatable bonds is 4. The van der Waals surface area contributed by atoms with Gasteiger partial charge in [-0.15, -0.1) is 0 Å². The van der Waals surface area contributed by atoms with Crippen molar-refractivity contribution < 1.29 is 8.83 Å². The van der Waals surface area contributed by atoms with E-state index in [-0.39, 0.29) is 0 Å². The second-order valence-electron chi connectivity index (χ2n) is 14.4. The largest absolute Gasteiger partial charge is 0.456 e. The molecule has 0 bridgehead atoms. The third-order valence-electron chi connectivity index (χ3n) is 11.1. The summed E-state index contributed by atoms with van der Waals surface area (Å²) in [7, 11) is 0. The van der Waals surface area contributed by atoms with E-state index in [0.29, 0.717) is 17.5 Å². The molecule has 3 heterocycles. The lowest BCUT2D eigenvalue weighted by Gasteiger charge is -2.11. The highest BCUT2D eigenvalue weighted by atomic mass is 16.3. The fourth-order valence-corrected chi connectivity index (χ4v) is 8.38. The summed E-state index contributed by atoms with van der Waals surface area (Å²) in [5.74, 6) is 1.76. The maximum atomic E-state index is 6.64. The standard InChI is InChI=1S/C51H29N3O2/c1-2-10-30(11-3-1)38-15-8-16-40-47-41(17-9-19-45(47)56-48(38)40)51-53-49(34-25-23-33-27-43-39-14-6-7-18-44(39)55-46(43)29-36(33)26-34)52-50(54-51)35-24-22-32-21-20-31-12-4-5-13-37(31)42(32)28-35/h1-29H. The van der Waals surface area contributed by atoms with Crippen molar-refractivity contribution in [1.82, 2.24) is 15.0 Å². The van der Waals surface area contributed by atoms with E-state index in [4.69, 9.17) is 23.8 Å². The third-order valence-corrected chi connectivity index (χ3v) is 11.1. The van der Waals surface area contributed by atoms with Gasteiger partial charge in [0.05, 0.1) is 0 Å². The molecule has 56 heavy (non-hydrogen) atoms. The van der Waals surface area contributed by atoms with Crippen LogP contribution < -0.4 is 0 Å². The summed E-state index contributed by atoms with van der Waals surface area (Å²) in [5, 5.41) is 11.1. The second-order valence-corrected chi connectivity index (χ2v) is 14.4. The van der Waals surface area contributed by atoms with Gasteiger partial charge in [0.1, 0.15) is 22.3 Å². The first-order valence-corrected chi connectivity index (χ1v) is 18.8. The zero-order valence-electron chi connectivity index (χ0n) is 29.9. The maximum absolute atomic E-state index is 6.64. The van der Waals surface area contributed by atoms with Crippen molar-refractivity contribution in [3.8, 4) is 45.3 Å². The first-order valence-electron chi connectivity index (χ1n) is 18.8. The van der Waals surface area contributed by atoms with Crippen molar-refractivity contribution in [2.45, 2.75) is 0 Å². The quantitative estimate of drug-likeness (QED) is 0.170. The molecule has 0 aliphatic heterocycles. The maximum Gasteiger partial charge on any atom is 0.164 e. The number of benzene rings is 9. The van der Waals surface area contributed by atoms with Gasteiger partial charge in [0, 0.05) is 43.8 Å². The van der Waals surface area contributed by atoms with E-state index < -0.39 is 0 Å². The van der Waals surface area contributed by atoms with Gasteiger partial charge in [-0.1, -0.05) is 140 Å². The van der Waals surface area contributed by atoms with Crippen molar-refractivity contribution >= 4 is 76.2 Å². The Morgan fingerprint density at radius 1 is 0.304 bits per heavy atom. The van der Waals surface area contributed by atoms with Gasteiger partial charge in [-0.05, 0) is 74.3 Å². The van der Waals surface area contributed by atoms with E-state index in [1.165, 1.54) is 10.8 Å². The predicted molar refractivity (Wildman–Crippen MR) is 229 cm³/mol. The highest BCUT2D eigenvalue weighted by Gasteiger charge is 2.20. The Labute approximate surface area is 320 Å². The zero-order valence-corrected chi connectivity index (χ0v) is 29.9. The highest BCUT2D eigenvalue weighted by molar-refractivity contribution is 6.15. The molecule has 0 radical (unpaired) electrons. The van der Waals surface area contributed by atoms with Crippen LogP contribution in [0.15, 0.2) is 185 Å². The molecule has 0 aliphatic carbocycles. The average molecular weight is 716 g/mol. The number of fused-ring (bicyclic) bond motifs is 10. The van der Waals surface area contributed by atoms with Gasteiger partial charge in [-0.25, -0.2) is 15.0 Å². The molecule has 9 aromatic carbocycles. The van der Waals surface area contributed by atoms with E-state index >= 15 is 0 Å². The molecule has 0 unspecified atom stereocenters. The van der Waals surface area contributed by atoms with E-state index in [1.807, 2.05) is 36.4 Å². The number of para-hydroxylation sites is 2. The first kappa shape index (κ1) is 30.8. The van der Waals surface area contributed by atoms with Gasteiger partial charge in [0.25, 0.3) is 0 Å². The van der Waals surface area contributed by atoms with Crippen LogP contribution in [0, 0.1) is 0 Å². The molecule has 0 saturated heterocycles. The van der Waals surface area contributed by atoms with Crippen molar-refractivity contribution in [3.63, 3.8) is 0 Å². The van der Waals surface area contributed by atoms with Crippen LogP contribution in [0.5, 0.6) is 0 Å². The zero-order chi connectivity index (χ0) is 36.7. The molecule has 0 saturated carbocycles. The number of hydrogen-bond acceptors (Lipinski definition) is 5. The summed E-state index contributed by atoms with van der Waals surface area (Å²) in [5.41, 5.74) is 8.18. The third kappa shape index (κ3) is 4.78. The molecule has 0 amide bonds. The predicted octanol–water partition coefficient (Wildman–Crippen LogP) is 13.8. The molecule has 12 rings (SSSR count). The van der Waals surface area contributed by atoms with Crippen molar-refractivity contribution in [2.24, 2.45) is 0 Å². The Hall–Kier alpha value is -7.63. The molecule has 0 fully saturated rings. The lowest BCUT2D eigenvalue weighted by atomic mass is 9.99. The summed E-state index contributed by atoms with van der Waals surface area (Å²) in [6.45, 7) is 0. The average Bonchev–Trinajstić information content (AvgIpc) is 3.83. The van der Waals surface area contributed by atoms with Crippen LogP contribution in [-0.2, 0) is 0 Å². The fraction of sp³-hybridized carbons (Fsp3) is 0. The van der Waals surface area contributed by atoms with Crippen LogP contribution in [0.2, 0.25) is 0 Å². The topological polar surface area (TPSA) is 65.0 Å². The monoisotopic (exact) mass is 715 g/mol. The molecule has 0 N–H and O–H groups in total. The van der Waals surface area contributed by atoms with Gasteiger partial charge in [0.2, 0.25) is 0 Å². The summed E-state index contributed by atoms with van der Waals surface area (Å²) in [4.78, 5) is 15.7. The molecule has 5 heteroatoms. The van der Waals surface area contributed by atoms with E-state index in [0.717, 1.165) is 93.2 Å². The summed E-state index contributed by atoms with van der Waals surface area (Å²) in [6.07, 6.45) is 0. The number of aromatic nitrogens is 3. The van der Waals surface area contributed by atoms with E-state index in [1.54, 1.807) is 0 Å². The minimum absolute atomic E-state index is 0.578. The van der Waals surface area contributed by atoms with Crippen molar-refractivity contribution in [3.05, 3.63) is 176 Å². The van der Waals surface area contributed by atoms with Crippen LogP contribution in [0.3, 0.4) is 0 Å². The lowest BCUT2D eigenvalue weighted by molar-refractivity contribution is 0.669. The SMILES string of the molecule is c1ccc(-c2cccc3c2oc2cccc(-c4nc(-c5ccc6cc7c(cc6c5)oc5ccccc57)nc(-c5ccc6ccc7ccccc7c6c5)n4)c23)cc1. The Morgan fingerprint density at radius 2 is 0.946 bits per heavy atom. The first-order chi connectivity index (χ1) is 27.7. The van der Waals surface area contributed by atoms with Crippen LogP contribution in [0.1, 0.15) is 0 Å². The molecule has 0 atom stereocenters. The molecule has 5 nitrogen and oxygen atoms in total. The van der Waals surface area contributed by atoms with Crippen LogP contribution >= 0.6 is 0 Å². The lowest BCUT2D eigenvalue weighted by Crippen LogP contribution is -2.00. The highest BCUT2D eigenvalue weighted by Crippen LogP contribution is 2.41. The van der Waals surface area contributed by atoms with Gasteiger partial charge in [-0.2, -0.15) is 0 Å². The van der Waals surface area contributed by atoms with Gasteiger partial charge in [-0.3, -0.25) is 0 Å². The number of nitrogens with zero attached hydrogens (tertiary/aromatic N) is 3. The Morgan fingerprint density at radius 3 is 1.82 bits per heavy atom. The van der Waals surface area contributed by atoms with Gasteiger partial charge >= 0.3 is 0 Å². The summed E-state index contributed by atoms with van der Waals surface area (Å²) >= 11 is 0. The van der Waals surface area contributed by atoms with Crippen LogP contribution in [0.4, 0.5) is 0 Å². The second kappa shape index (κ2) is 11.9. The normalized spacial score (nSPS) is 11.9. The fourth-order valence-electron chi connectivity index (χ4n) is 8.38. The molecule has 3 aromatic heterocycles. The smallest absolute Gasteiger partial charge is 0.164 e. The van der Waals surface area contributed by atoms with Gasteiger partial charge in [0.15, 0.2) is 17.5 Å². The van der Waals surface area contributed by atoms with Gasteiger partial charge < -0.3 is 8.83 Å². The Bertz CT molecular complexity index is 3550. The molecular weight excluding hydrogens is 687 g/mol. The summed E-state index contributed by atoms with van der Waals surface area (Å²) < 4.78 is 12.9. The molecule has 0 aliphatic rings. The molecule has 0 spiro atoms.